The fourth-order valence-corrected chi connectivity index (χ4v) is 7.90. The third-order valence-corrected chi connectivity index (χ3v) is 12.1. The van der Waals surface area contributed by atoms with Gasteiger partial charge in [0.1, 0.15) is 13.2 Å². The molecule has 388 valence electrons. The molecule has 0 atom stereocenters. The lowest BCUT2D eigenvalue weighted by atomic mass is 10.1. The van der Waals surface area contributed by atoms with E-state index in [9.17, 15) is 14.4 Å². The van der Waals surface area contributed by atoms with Crippen LogP contribution in [0, 0.1) is 0 Å². The number of aliphatic hydroxyl groups excluding tert-OH is 1. The fourth-order valence-electron chi connectivity index (χ4n) is 7.90. The Balaban J connectivity index is 0. The average molecular weight is 932 g/mol. The summed E-state index contributed by atoms with van der Waals surface area (Å²) in [6, 6.07) is 0. The Morgan fingerprint density at radius 3 is 0.803 bits per heavy atom. The molecule has 0 radical (unpaired) electrons. The van der Waals surface area contributed by atoms with E-state index < -0.39 is 6.10 Å². The lowest BCUT2D eigenvalue weighted by Crippen LogP contribution is -2.30. The topological polar surface area (TPSA) is 99.1 Å². The number of allylic oxidation sites excluding steroid dienone is 6. The SMILES string of the molecule is CCCCCCCC/C=C/CCCCCCCC(=O)OCC(COC(=O)CCCCCCC/C=C/CCCCCCCC)OC(=O)CCCCCCC/C=C/CCCCCCCC.CCO. The number of hydrogen-bond donors (Lipinski definition) is 1. The van der Waals surface area contributed by atoms with Crippen LogP contribution < -0.4 is 0 Å². The lowest BCUT2D eigenvalue weighted by Gasteiger charge is -2.18. The van der Waals surface area contributed by atoms with Crippen LogP contribution in [0.3, 0.4) is 0 Å². The first kappa shape index (κ1) is 65.7. The molecule has 0 aliphatic heterocycles. The predicted molar refractivity (Wildman–Crippen MR) is 283 cm³/mol. The Labute approximate surface area is 409 Å². The van der Waals surface area contributed by atoms with Crippen LogP contribution in [0.15, 0.2) is 36.5 Å². The first-order valence-electron chi connectivity index (χ1n) is 28.5. The molecule has 0 aromatic heterocycles. The number of hydrogen-bond acceptors (Lipinski definition) is 7. The molecule has 0 saturated heterocycles. The van der Waals surface area contributed by atoms with Crippen LogP contribution in [-0.2, 0) is 28.6 Å². The summed E-state index contributed by atoms with van der Waals surface area (Å²) in [5, 5.41) is 7.57. The number of carbonyl (C=O) groups excluding carboxylic acids is 3. The van der Waals surface area contributed by atoms with Crippen molar-refractivity contribution in [1.29, 1.82) is 0 Å². The summed E-state index contributed by atoms with van der Waals surface area (Å²) in [6.07, 6.45) is 61.2. The van der Waals surface area contributed by atoms with E-state index in [0.717, 1.165) is 77.0 Å². The molecular formula is C59H110O7. The van der Waals surface area contributed by atoms with Crippen molar-refractivity contribution in [2.24, 2.45) is 0 Å². The maximum Gasteiger partial charge on any atom is 0.306 e. The van der Waals surface area contributed by atoms with Crippen LogP contribution in [0.25, 0.3) is 0 Å². The zero-order valence-electron chi connectivity index (χ0n) is 44.3. The third-order valence-electron chi connectivity index (χ3n) is 12.1. The molecule has 0 aromatic rings. The number of ether oxygens (including phenoxy) is 3. The van der Waals surface area contributed by atoms with Gasteiger partial charge in [-0.1, -0.05) is 211 Å². The van der Waals surface area contributed by atoms with E-state index in [4.69, 9.17) is 19.3 Å². The highest BCUT2D eigenvalue weighted by atomic mass is 16.6. The third kappa shape index (κ3) is 57.7. The molecule has 0 aliphatic rings. The Morgan fingerprint density at radius 2 is 0.545 bits per heavy atom. The van der Waals surface area contributed by atoms with Gasteiger partial charge in [0, 0.05) is 25.9 Å². The summed E-state index contributed by atoms with van der Waals surface area (Å²) in [4.78, 5) is 38.0. The number of aliphatic hydroxyl groups is 1. The molecule has 0 aliphatic carbocycles. The van der Waals surface area contributed by atoms with Gasteiger partial charge in [-0.3, -0.25) is 14.4 Å². The number of rotatable bonds is 50. The minimum Gasteiger partial charge on any atom is -0.462 e. The van der Waals surface area contributed by atoms with Crippen molar-refractivity contribution in [1.82, 2.24) is 0 Å². The van der Waals surface area contributed by atoms with Crippen molar-refractivity contribution < 1.29 is 33.7 Å². The highest BCUT2D eigenvalue weighted by Gasteiger charge is 2.19. The highest BCUT2D eigenvalue weighted by Crippen LogP contribution is 2.15. The molecular weight excluding hydrogens is 821 g/mol. The second kappa shape index (κ2) is 58.7. The zero-order chi connectivity index (χ0) is 48.5. The minimum absolute atomic E-state index is 0.0806. The molecule has 7 heteroatoms. The average Bonchev–Trinajstić information content (AvgIpc) is 3.31. The van der Waals surface area contributed by atoms with Crippen molar-refractivity contribution in [2.45, 2.75) is 303 Å². The van der Waals surface area contributed by atoms with E-state index in [1.807, 2.05) is 0 Å². The van der Waals surface area contributed by atoms with Crippen LogP contribution in [-0.4, -0.2) is 48.9 Å². The molecule has 0 amide bonds. The molecule has 0 fully saturated rings. The normalized spacial score (nSPS) is 11.5. The monoisotopic (exact) mass is 931 g/mol. The van der Waals surface area contributed by atoms with Crippen LogP contribution in [0.2, 0.25) is 0 Å². The van der Waals surface area contributed by atoms with Gasteiger partial charge in [-0.25, -0.2) is 0 Å². The van der Waals surface area contributed by atoms with E-state index in [1.54, 1.807) is 6.92 Å². The second-order valence-corrected chi connectivity index (χ2v) is 18.8. The Bertz CT molecular complexity index is 1030. The van der Waals surface area contributed by atoms with Crippen molar-refractivity contribution in [3.8, 4) is 0 Å². The Kier molecular flexibility index (Phi) is 58.4. The molecule has 0 rings (SSSR count). The van der Waals surface area contributed by atoms with E-state index in [0.29, 0.717) is 19.3 Å². The maximum absolute atomic E-state index is 12.8. The van der Waals surface area contributed by atoms with Gasteiger partial charge in [-0.05, 0) is 103 Å². The second-order valence-electron chi connectivity index (χ2n) is 18.8. The van der Waals surface area contributed by atoms with Crippen LogP contribution in [0.5, 0.6) is 0 Å². The van der Waals surface area contributed by atoms with Gasteiger partial charge in [0.25, 0.3) is 0 Å². The summed E-state index contributed by atoms with van der Waals surface area (Å²) in [6.45, 7) is 8.56. The van der Waals surface area contributed by atoms with Gasteiger partial charge in [-0.2, -0.15) is 0 Å². The van der Waals surface area contributed by atoms with E-state index in [-0.39, 0.29) is 37.7 Å². The summed E-state index contributed by atoms with van der Waals surface area (Å²) >= 11 is 0. The molecule has 1 N–H and O–H groups in total. The number of esters is 3. The van der Waals surface area contributed by atoms with Gasteiger partial charge < -0.3 is 19.3 Å². The number of carbonyl (C=O) groups is 3. The van der Waals surface area contributed by atoms with Crippen molar-refractivity contribution in [2.75, 3.05) is 19.8 Å². The van der Waals surface area contributed by atoms with Crippen molar-refractivity contribution in [3.05, 3.63) is 36.5 Å². The Morgan fingerprint density at radius 1 is 0.333 bits per heavy atom. The van der Waals surface area contributed by atoms with E-state index >= 15 is 0 Å². The molecule has 0 aromatic carbocycles. The van der Waals surface area contributed by atoms with Gasteiger partial charge in [-0.15, -0.1) is 0 Å². The lowest BCUT2D eigenvalue weighted by molar-refractivity contribution is -0.167. The van der Waals surface area contributed by atoms with Crippen LogP contribution in [0.1, 0.15) is 297 Å². The molecule has 0 heterocycles. The highest BCUT2D eigenvalue weighted by molar-refractivity contribution is 5.71. The van der Waals surface area contributed by atoms with E-state index in [1.165, 1.54) is 173 Å². The Hall–Kier alpha value is -2.41. The van der Waals surface area contributed by atoms with Crippen LogP contribution >= 0.6 is 0 Å². The summed E-state index contributed by atoms with van der Waals surface area (Å²) < 4.78 is 16.8. The van der Waals surface area contributed by atoms with Crippen LogP contribution in [0.4, 0.5) is 0 Å². The maximum atomic E-state index is 12.8. The quantitative estimate of drug-likeness (QED) is 0.0281. The van der Waals surface area contributed by atoms with Gasteiger partial charge >= 0.3 is 17.9 Å². The fraction of sp³-hybridized carbons (Fsp3) is 0.847. The predicted octanol–water partition coefficient (Wildman–Crippen LogP) is 18.1. The van der Waals surface area contributed by atoms with Crippen molar-refractivity contribution >= 4 is 17.9 Å². The molecule has 66 heavy (non-hydrogen) atoms. The zero-order valence-corrected chi connectivity index (χ0v) is 44.3. The smallest absolute Gasteiger partial charge is 0.306 e. The molecule has 0 bridgehead atoms. The molecule has 0 unspecified atom stereocenters. The summed E-state index contributed by atoms with van der Waals surface area (Å²) in [5.74, 6) is -0.893. The molecule has 0 spiro atoms. The van der Waals surface area contributed by atoms with E-state index in [2.05, 4.69) is 57.2 Å². The number of unbranched alkanes of at least 4 members (excludes halogenated alkanes) is 33. The summed E-state index contributed by atoms with van der Waals surface area (Å²) in [7, 11) is 0. The van der Waals surface area contributed by atoms with Gasteiger partial charge in [0.2, 0.25) is 0 Å². The summed E-state index contributed by atoms with van der Waals surface area (Å²) in [5.41, 5.74) is 0. The first-order valence-corrected chi connectivity index (χ1v) is 28.5. The molecule has 0 saturated carbocycles. The van der Waals surface area contributed by atoms with Gasteiger partial charge in [0.05, 0.1) is 0 Å². The largest absolute Gasteiger partial charge is 0.462 e. The van der Waals surface area contributed by atoms with Crippen molar-refractivity contribution in [3.63, 3.8) is 0 Å². The standard InChI is InChI=1S/C57H104O6.C2H6O/c1-4-7-10-13-16-19-22-25-28-31-34-37-40-43-46-49-55(58)61-52-54(63-57(60)51-48-45-42-39-36-33-30-27-24-21-18-15-12-9-6-3)53-62-56(59)50-47-44-41-38-35-32-29-26-23-20-17-14-11-8-5-2;1-2-3/h25-30,54H,4-24,31-53H2,1-3H3;3H,2H2,1H3/b28-25+,29-26+,30-27+;. The minimum atomic E-state index is -0.781. The van der Waals surface area contributed by atoms with Gasteiger partial charge in [0.15, 0.2) is 6.10 Å². The molecule has 7 nitrogen and oxygen atoms in total. The first-order chi connectivity index (χ1) is 32.4.